The summed E-state index contributed by atoms with van der Waals surface area (Å²) in [6, 6.07) is 3.74. The quantitative estimate of drug-likeness (QED) is 0.807. The van der Waals surface area contributed by atoms with Gasteiger partial charge >= 0.3 is 0 Å². The van der Waals surface area contributed by atoms with E-state index in [1.165, 1.54) is 18.6 Å². The Morgan fingerprint density at radius 3 is 2.84 bits per heavy atom. The van der Waals surface area contributed by atoms with Gasteiger partial charge in [-0.05, 0) is 37.3 Å². The Balaban J connectivity index is 2.00. The van der Waals surface area contributed by atoms with E-state index in [0.717, 1.165) is 31.7 Å². The summed E-state index contributed by atoms with van der Waals surface area (Å²) in [7, 11) is 0. The zero-order chi connectivity index (χ0) is 13.8. The second-order valence-corrected chi connectivity index (χ2v) is 5.45. The third kappa shape index (κ3) is 3.69. The number of rotatable bonds is 2. The fraction of sp³-hybridized carbons (Fsp3) is 0.533. The Morgan fingerprint density at radius 2 is 2.11 bits per heavy atom. The molecular formula is C15H20FNO2. The zero-order valence-electron chi connectivity index (χ0n) is 11.2. The Morgan fingerprint density at radius 1 is 1.32 bits per heavy atom. The fourth-order valence-corrected chi connectivity index (χ4v) is 2.58. The average Bonchev–Trinajstić information content (AvgIpc) is 2.54. The van der Waals surface area contributed by atoms with Gasteiger partial charge in [0.1, 0.15) is 11.6 Å². The molecule has 0 saturated heterocycles. The van der Waals surface area contributed by atoms with E-state index >= 15 is 0 Å². The van der Waals surface area contributed by atoms with Crippen LogP contribution in [0.4, 0.5) is 4.39 Å². The zero-order valence-corrected chi connectivity index (χ0v) is 11.2. The number of nitrogens with one attached hydrogen (secondary N) is 1. The van der Waals surface area contributed by atoms with Gasteiger partial charge in [-0.25, -0.2) is 4.39 Å². The Labute approximate surface area is 112 Å². The van der Waals surface area contributed by atoms with Gasteiger partial charge in [0.15, 0.2) is 0 Å². The van der Waals surface area contributed by atoms with Crippen molar-refractivity contribution >= 4 is 5.91 Å². The molecule has 104 valence electrons. The van der Waals surface area contributed by atoms with Gasteiger partial charge in [-0.3, -0.25) is 4.79 Å². The van der Waals surface area contributed by atoms with Crippen LogP contribution in [0.3, 0.4) is 0 Å². The summed E-state index contributed by atoms with van der Waals surface area (Å²) in [5.41, 5.74) is -0.00454. The van der Waals surface area contributed by atoms with Crippen LogP contribution in [0.2, 0.25) is 0 Å². The van der Waals surface area contributed by atoms with Crippen molar-refractivity contribution in [2.75, 3.05) is 0 Å². The highest BCUT2D eigenvalue weighted by molar-refractivity contribution is 5.94. The highest BCUT2D eigenvalue weighted by Gasteiger charge is 2.20. The lowest BCUT2D eigenvalue weighted by Gasteiger charge is -2.16. The summed E-state index contributed by atoms with van der Waals surface area (Å²) in [5, 5.41) is 12.0. The van der Waals surface area contributed by atoms with Gasteiger partial charge in [0.05, 0.1) is 5.56 Å². The lowest BCUT2D eigenvalue weighted by Crippen LogP contribution is -2.34. The molecule has 0 bridgehead atoms. The SMILES string of the molecule is CC1CCCC(NC(=O)c2ccc(O)cc2F)CC1. The van der Waals surface area contributed by atoms with E-state index in [1.807, 2.05) is 0 Å². The largest absolute Gasteiger partial charge is 0.508 e. The van der Waals surface area contributed by atoms with Crippen molar-refractivity contribution in [2.24, 2.45) is 5.92 Å². The molecule has 2 N–H and O–H groups in total. The average molecular weight is 265 g/mol. The maximum atomic E-state index is 13.6. The van der Waals surface area contributed by atoms with Crippen LogP contribution in [0, 0.1) is 11.7 Å². The van der Waals surface area contributed by atoms with Crippen LogP contribution in [0.25, 0.3) is 0 Å². The van der Waals surface area contributed by atoms with Crippen LogP contribution in [-0.2, 0) is 0 Å². The summed E-state index contributed by atoms with van der Waals surface area (Å²) < 4.78 is 13.6. The molecule has 0 aliphatic heterocycles. The summed E-state index contributed by atoms with van der Waals surface area (Å²) in [6.07, 6.45) is 5.30. The van der Waals surface area contributed by atoms with E-state index in [4.69, 9.17) is 5.11 Å². The molecule has 0 radical (unpaired) electrons. The van der Waals surface area contributed by atoms with E-state index in [1.54, 1.807) is 0 Å². The third-order valence-electron chi connectivity index (χ3n) is 3.79. The molecular weight excluding hydrogens is 245 g/mol. The molecule has 2 atom stereocenters. The van der Waals surface area contributed by atoms with Crippen LogP contribution in [0.1, 0.15) is 49.4 Å². The first kappa shape index (κ1) is 13.8. The predicted molar refractivity (Wildman–Crippen MR) is 71.6 cm³/mol. The van der Waals surface area contributed by atoms with Gasteiger partial charge in [0.25, 0.3) is 5.91 Å². The van der Waals surface area contributed by atoms with E-state index < -0.39 is 11.7 Å². The fourth-order valence-electron chi connectivity index (χ4n) is 2.58. The van der Waals surface area contributed by atoms with Crippen LogP contribution in [-0.4, -0.2) is 17.1 Å². The number of amides is 1. The second kappa shape index (κ2) is 6.04. The monoisotopic (exact) mass is 265 g/mol. The first-order chi connectivity index (χ1) is 9.06. The normalized spacial score (nSPS) is 23.7. The molecule has 1 aliphatic rings. The first-order valence-electron chi connectivity index (χ1n) is 6.85. The van der Waals surface area contributed by atoms with Gasteiger partial charge in [0.2, 0.25) is 0 Å². The highest BCUT2D eigenvalue weighted by atomic mass is 19.1. The van der Waals surface area contributed by atoms with E-state index in [0.29, 0.717) is 5.92 Å². The van der Waals surface area contributed by atoms with Crippen LogP contribution < -0.4 is 5.32 Å². The molecule has 0 heterocycles. The number of hydrogen-bond donors (Lipinski definition) is 2. The minimum Gasteiger partial charge on any atom is -0.508 e. The van der Waals surface area contributed by atoms with E-state index in [-0.39, 0.29) is 17.4 Å². The Kier molecular flexibility index (Phi) is 4.40. The van der Waals surface area contributed by atoms with Crippen LogP contribution in [0.15, 0.2) is 18.2 Å². The number of aromatic hydroxyl groups is 1. The summed E-state index contributed by atoms with van der Waals surface area (Å²) in [5.74, 6) is -0.541. The number of phenols is 1. The van der Waals surface area contributed by atoms with Gasteiger partial charge in [-0.15, -0.1) is 0 Å². The highest BCUT2D eigenvalue weighted by Crippen LogP contribution is 2.23. The van der Waals surface area contributed by atoms with Crippen LogP contribution in [0.5, 0.6) is 5.75 Å². The molecule has 3 nitrogen and oxygen atoms in total. The molecule has 0 spiro atoms. The second-order valence-electron chi connectivity index (χ2n) is 5.45. The minimum atomic E-state index is -0.681. The molecule has 0 aromatic heterocycles. The van der Waals surface area contributed by atoms with Gasteiger partial charge in [-0.2, -0.15) is 0 Å². The molecule has 1 saturated carbocycles. The first-order valence-corrected chi connectivity index (χ1v) is 6.85. The number of carbonyl (C=O) groups excluding carboxylic acids is 1. The van der Waals surface area contributed by atoms with E-state index in [9.17, 15) is 9.18 Å². The van der Waals surface area contributed by atoms with Crippen molar-refractivity contribution < 1.29 is 14.3 Å². The standard InChI is InChI=1S/C15H20FNO2/c1-10-3-2-4-11(6-5-10)17-15(19)13-8-7-12(18)9-14(13)16/h7-11,18H,2-6H2,1H3,(H,17,19). The lowest BCUT2D eigenvalue weighted by atomic mass is 10.0. The Bertz CT molecular complexity index is 461. The van der Waals surface area contributed by atoms with E-state index in [2.05, 4.69) is 12.2 Å². The summed E-state index contributed by atoms with van der Waals surface area (Å²) in [6.45, 7) is 2.23. The minimum absolute atomic E-state index is 0.00454. The van der Waals surface area contributed by atoms with Gasteiger partial charge < -0.3 is 10.4 Å². The molecule has 1 aromatic rings. The molecule has 2 rings (SSSR count). The topological polar surface area (TPSA) is 49.3 Å². The summed E-state index contributed by atoms with van der Waals surface area (Å²) >= 11 is 0. The van der Waals surface area contributed by atoms with Crippen molar-refractivity contribution in [1.82, 2.24) is 5.32 Å². The number of benzene rings is 1. The van der Waals surface area contributed by atoms with Crippen molar-refractivity contribution in [3.05, 3.63) is 29.6 Å². The van der Waals surface area contributed by atoms with Crippen LogP contribution >= 0.6 is 0 Å². The van der Waals surface area contributed by atoms with Crippen molar-refractivity contribution in [2.45, 2.75) is 45.1 Å². The van der Waals surface area contributed by atoms with Gasteiger partial charge in [-0.1, -0.05) is 19.8 Å². The Hall–Kier alpha value is -1.58. The number of carbonyl (C=O) groups is 1. The van der Waals surface area contributed by atoms with Gasteiger partial charge in [0, 0.05) is 12.1 Å². The molecule has 1 aromatic carbocycles. The summed E-state index contributed by atoms with van der Waals surface area (Å²) in [4.78, 5) is 12.0. The lowest BCUT2D eigenvalue weighted by molar-refractivity contribution is 0.0929. The predicted octanol–water partition coefficient (Wildman–Crippen LogP) is 3.23. The maximum Gasteiger partial charge on any atom is 0.254 e. The maximum absolute atomic E-state index is 13.6. The molecule has 1 amide bonds. The number of halogens is 1. The van der Waals surface area contributed by atoms with Crippen molar-refractivity contribution in [3.8, 4) is 5.75 Å². The van der Waals surface area contributed by atoms with Crippen molar-refractivity contribution in [3.63, 3.8) is 0 Å². The third-order valence-corrected chi connectivity index (χ3v) is 3.79. The molecule has 4 heteroatoms. The number of hydrogen-bond acceptors (Lipinski definition) is 2. The molecule has 19 heavy (non-hydrogen) atoms. The molecule has 2 unspecified atom stereocenters. The number of phenolic OH excluding ortho intramolecular Hbond substituents is 1. The molecule has 1 fully saturated rings. The smallest absolute Gasteiger partial charge is 0.254 e. The molecule has 1 aliphatic carbocycles. The van der Waals surface area contributed by atoms with Crippen molar-refractivity contribution in [1.29, 1.82) is 0 Å².